The molecule has 1 aromatic carbocycles. The van der Waals surface area contributed by atoms with Crippen molar-refractivity contribution in [1.29, 1.82) is 0 Å². The highest BCUT2D eigenvalue weighted by molar-refractivity contribution is 5.81. The molecule has 1 aliphatic carbocycles. The standard InChI is InChI=1S/C18H22N2O/c1-4-13-5-2-10-19-17(13)16(7-1)18-14(6-3-11-21-18)12-20-15-8-9-15/h1-2,4-5,7,10,14-15,18,20H,3,6,8-9,11-12H2. The molecule has 3 nitrogen and oxygen atoms in total. The Labute approximate surface area is 125 Å². The highest BCUT2D eigenvalue weighted by atomic mass is 16.5. The third kappa shape index (κ3) is 2.81. The smallest absolute Gasteiger partial charge is 0.0886 e. The second-order valence-electron chi connectivity index (χ2n) is 6.30. The summed E-state index contributed by atoms with van der Waals surface area (Å²) in [6.45, 7) is 1.94. The zero-order chi connectivity index (χ0) is 14.1. The lowest BCUT2D eigenvalue weighted by Gasteiger charge is -2.32. The number of ether oxygens (including phenoxy) is 1. The quantitative estimate of drug-likeness (QED) is 0.932. The highest BCUT2D eigenvalue weighted by Gasteiger charge is 2.30. The van der Waals surface area contributed by atoms with Crippen molar-refractivity contribution in [3.05, 3.63) is 42.1 Å². The van der Waals surface area contributed by atoms with Gasteiger partial charge in [0.1, 0.15) is 0 Å². The number of nitrogens with zero attached hydrogens (tertiary/aromatic N) is 1. The van der Waals surface area contributed by atoms with E-state index >= 15 is 0 Å². The molecule has 0 bridgehead atoms. The maximum atomic E-state index is 6.16. The zero-order valence-electron chi connectivity index (χ0n) is 12.3. The fourth-order valence-corrected chi connectivity index (χ4v) is 3.36. The third-order valence-electron chi connectivity index (χ3n) is 4.66. The van der Waals surface area contributed by atoms with Crippen LogP contribution < -0.4 is 5.32 Å². The number of fused-ring (bicyclic) bond motifs is 1. The molecule has 0 radical (unpaired) electrons. The summed E-state index contributed by atoms with van der Waals surface area (Å²) in [6.07, 6.45) is 7.16. The van der Waals surface area contributed by atoms with Crippen molar-refractivity contribution in [3.63, 3.8) is 0 Å². The van der Waals surface area contributed by atoms with Gasteiger partial charge < -0.3 is 10.1 Å². The first-order chi connectivity index (χ1) is 10.4. The largest absolute Gasteiger partial charge is 0.373 e. The first-order valence-corrected chi connectivity index (χ1v) is 8.10. The predicted octanol–water partition coefficient (Wildman–Crippen LogP) is 3.45. The van der Waals surface area contributed by atoms with Gasteiger partial charge >= 0.3 is 0 Å². The summed E-state index contributed by atoms with van der Waals surface area (Å²) in [5.74, 6) is 0.562. The van der Waals surface area contributed by atoms with Crippen LogP contribution in [0.4, 0.5) is 0 Å². The number of hydrogen-bond acceptors (Lipinski definition) is 3. The molecule has 2 aromatic rings. The Morgan fingerprint density at radius 3 is 2.95 bits per heavy atom. The summed E-state index contributed by atoms with van der Waals surface area (Å²) >= 11 is 0. The number of para-hydroxylation sites is 1. The van der Waals surface area contributed by atoms with Crippen LogP contribution >= 0.6 is 0 Å². The SMILES string of the molecule is c1cnc2c(C3OCCCC3CNC3CC3)cccc2c1. The molecule has 2 aliphatic rings. The molecule has 1 aliphatic heterocycles. The fraction of sp³-hybridized carbons (Fsp3) is 0.500. The van der Waals surface area contributed by atoms with E-state index in [1.54, 1.807) is 0 Å². The molecule has 1 aromatic heterocycles. The van der Waals surface area contributed by atoms with Crippen molar-refractivity contribution in [1.82, 2.24) is 10.3 Å². The van der Waals surface area contributed by atoms with Crippen LogP contribution in [-0.4, -0.2) is 24.2 Å². The van der Waals surface area contributed by atoms with Crippen LogP contribution in [0.3, 0.4) is 0 Å². The van der Waals surface area contributed by atoms with Crippen LogP contribution in [0.5, 0.6) is 0 Å². The van der Waals surface area contributed by atoms with Crippen LogP contribution in [0.1, 0.15) is 37.4 Å². The monoisotopic (exact) mass is 282 g/mol. The number of rotatable bonds is 4. The molecule has 0 spiro atoms. The Hall–Kier alpha value is -1.45. The van der Waals surface area contributed by atoms with Gasteiger partial charge in [-0.2, -0.15) is 0 Å². The van der Waals surface area contributed by atoms with Crippen molar-refractivity contribution in [2.75, 3.05) is 13.2 Å². The van der Waals surface area contributed by atoms with E-state index in [4.69, 9.17) is 4.74 Å². The molecule has 21 heavy (non-hydrogen) atoms. The molecule has 3 heteroatoms. The normalized spacial score (nSPS) is 26.1. The average Bonchev–Trinajstić information content (AvgIpc) is 3.37. The van der Waals surface area contributed by atoms with Crippen molar-refractivity contribution < 1.29 is 4.74 Å². The van der Waals surface area contributed by atoms with E-state index in [0.717, 1.165) is 24.7 Å². The Bertz CT molecular complexity index is 618. The van der Waals surface area contributed by atoms with Crippen molar-refractivity contribution in [2.24, 2.45) is 5.92 Å². The molecule has 1 saturated carbocycles. The Morgan fingerprint density at radius 2 is 2.05 bits per heavy atom. The summed E-state index contributed by atoms with van der Waals surface area (Å²) in [4.78, 5) is 4.60. The predicted molar refractivity (Wildman–Crippen MR) is 84.2 cm³/mol. The van der Waals surface area contributed by atoms with Crippen molar-refractivity contribution >= 4 is 10.9 Å². The second kappa shape index (κ2) is 5.74. The maximum Gasteiger partial charge on any atom is 0.0886 e. The van der Waals surface area contributed by atoms with Gasteiger partial charge in [-0.05, 0) is 31.7 Å². The highest BCUT2D eigenvalue weighted by Crippen LogP contribution is 2.36. The number of nitrogens with one attached hydrogen (secondary N) is 1. The summed E-state index contributed by atoms with van der Waals surface area (Å²) in [7, 11) is 0. The number of hydrogen-bond donors (Lipinski definition) is 1. The van der Waals surface area contributed by atoms with Crippen LogP contribution in [-0.2, 0) is 4.74 Å². The van der Waals surface area contributed by atoms with Crippen LogP contribution in [0, 0.1) is 5.92 Å². The molecule has 4 rings (SSSR count). The molecular formula is C18H22N2O. The van der Waals surface area contributed by atoms with E-state index in [9.17, 15) is 0 Å². The Kier molecular flexibility index (Phi) is 3.62. The molecule has 110 valence electrons. The molecule has 2 unspecified atom stereocenters. The van der Waals surface area contributed by atoms with Gasteiger partial charge in [0.15, 0.2) is 0 Å². The Balaban J connectivity index is 1.63. The molecule has 1 saturated heterocycles. The van der Waals surface area contributed by atoms with Gasteiger partial charge in [-0.15, -0.1) is 0 Å². The topological polar surface area (TPSA) is 34.1 Å². The van der Waals surface area contributed by atoms with Gasteiger partial charge in [0, 0.05) is 42.3 Å². The fourth-order valence-electron chi connectivity index (χ4n) is 3.36. The van der Waals surface area contributed by atoms with Crippen molar-refractivity contribution in [2.45, 2.75) is 37.8 Å². The van der Waals surface area contributed by atoms with Crippen molar-refractivity contribution in [3.8, 4) is 0 Å². The molecule has 1 N–H and O–H groups in total. The summed E-state index contributed by atoms with van der Waals surface area (Å²) < 4.78 is 6.16. The average molecular weight is 282 g/mol. The summed E-state index contributed by atoms with van der Waals surface area (Å²) in [5, 5.41) is 4.88. The van der Waals surface area contributed by atoms with E-state index in [1.165, 1.54) is 36.6 Å². The van der Waals surface area contributed by atoms with E-state index in [1.807, 2.05) is 12.3 Å². The molecule has 0 amide bonds. The zero-order valence-corrected chi connectivity index (χ0v) is 12.3. The number of benzene rings is 1. The van der Waals surface area contributed by atoms with Gasteiger partial charge in [-0.3, -0.25) is 4.98 Å². The van der Waals surface area contributed by atoms with Gasteiger partial charge in [0.2, 0.25) is 0 Å². The first kappa shape index (κ1) is 13.2. The van der Waals surface area contributed by atoms with Crippen LogP contribution in [0.2, 0.25) is 0 Å². The molecular weight excluding hydrogens is 260 g/mol. The second-order valence-corrected chi connectivity index (χ2v) is 6.30. The van der Waals surface area contributed by atoms with Crippen LogP contribution in [0.25, 0.3) is 10.9 Å². The Morgan fingerprint density at radius 1 is 1.14 bits per heavy atom. The van der Waals surface area contributed by atoms with E-state index in [2.05, 4.69) is 34.6 Å². The summed E-state index contributed by atoms with van der Waals surface area (Å²) in [5.41, 5.74) is 2.36. The lowest BCUT2D eigenvalue weighted by atomic mass is 9.88. The third-order valence-corrected chi connectivity index (χ3v) is 4.66. The van der Waals surface area contributed by atoms with E-state index in [-0.39, 0.29) is 6.10 Å². The lowest BCUT2D eigenvalue weighted by Crippen LogP contribution is -2.33. The van der Waals surface area contributed by atoms with Gasteiger partial charge in [0.05, 0.1) is 11.6 Å². The number of aromatic nitrogens is 1. The number of pyridine rings is 1. The van der Waals surface area contributed by atoms with Gasteiger partial charge in [-0.25, -0.2) is 0 Å². The van der Waals surface area contributed by atoms with Gasteiger partial charge in [-0.1, -0.05) is 24.3 Å². The van der Waals surface area contributed by atoms with E-state index < -0.39 is 0 Å². The summed E-state index contributed by atoms with van der Waals surface area (Å²) in [6, 6.07) is 11.3. The molecule has 2 heterocycles. The maximum absolute atomic E-state index is 6.16. The molecule has 2 atom stereocenters. The van der Waals surface area contributed by atoms with Gasteiger partial charge in [0.25, 0.3) is 0 Å². The molecule has 2 fully saturated rings. The lowest BCUT2D eigenvalue weighted by molar-refractivity contribution is -0.0271. The minimum absolute atomic E-state index is 0.184. The first-order valence-electron chi connectivity index (χ1n) is 8.10. The van der Waals surface area contributed by atoms with E-state index in [0.29, 0.717) is 5.92 Å². The minimum atomic E-state index is 0.184. The van der Waals surface area contributed by atoms with Crippen LogP contribution in [0.15, 0.2) is 36.5 Å². The minimum Gasteiger partial charge on any atom is -0.373 e.